The highest BCUT2D eigenvalue weighted by molar-refractivity contribution is 5.92. The number of hydrogen-bond acceptors (Lipinski definition) is 3. The Bertz CT molecular complexity index is 692. The van der Waals surface area contributed by atoms with Crippen molar-refractivity contribution >= 4 is 12.2 Å². The molecule has 0 bridgehead atoms. The smallest absolute Gasteiger partial charge is 0.250 e. The lowest BCUT2D eigenvalue weighted by Crippen LogP contribution is -2.29. The minimum absolute atomic E-state index is 0.138. The number of aliphatic hydroxyl groups is 1. The van der Waals surface area contributed by atoms with Gasteiger partial charge in [0.25, 0.3) is 5.91 Å². The molecule has 0 unspecified atom stereocenters. The van der Waals surface area contributed by atoms with E-state index in [1.165, 1.54) is 53.4 Å². The molecule has 0 heterocycles. The molecule has 2 aromatic rings. The normalized spacial score (nSPS) is 11.2. The number of allylic oxidation sites excluding steroid dienone is 1. The molecule has 0 saturated carbocycles. The van der Waals surface area contributed by atoms with Gasteiger partial charge in [0.15, 0.2) is 12.0 Å². The summed E-state index contributed by atoms with van der Waals surface area (Å²) in [7, 11) is 0. The molecule has 2 rings (SSSR count). The van der Waals surface area contributed by atoms with E-state index in [1.54, 1.807) is 0 Å². The summed E-state index contributed by atoms with van der Waals surface area (Å²) in [6, 6.07) is 11.2. The zero-order valence-electron chi connectivity index (χ0n) is 12.7. The lowest BCUT2D eigenvalue weighted by molar-refractivity contribution is -0.127. The molecule has 6 heteroatoms. The lowest BCUT2D eigenvalue weighted by atomic mass is 10.1. The second-order valence-corrected chi connectivity index (χ2v) is 5.13. The van der Waals surface area contributed by atoms with Crippen LogP contribution in [0.2, 0.25) is 0 Å². The van der Waals surface area contributed by atoms with E-state index in [9.17, 15) is 23.5 Å². The van der Waals surface area contributed by atoms with Crippen molar-refractivity contribution in [1.29, 1.82) is 0 Å². The summed E-state index contributed by atoms with van der Waals surface area (Å²) in [5, 5.41) is 9.23. The third kappa shape index (κ3) is 5.01. The van der Waals surface area contributed by atoms with E-state index in [2.05, 4.69) is 0 Å². The predicted molar refractivity (Wildman–Crippen MR) is 83.8 cm³/mol. The molecule has 124 valence electrons. The Morgan fingerprint density at radius 3 is 1.71 bits per heavy atom. The van der Waals surface area contributed by atoms with Crippen molar-refractivity contribution in [3.05, 3.63) is 83.1 Å². The second-order valence-electron chi connectivity index (χ2n) is 5.13. The largest absolute Gasteiger partial charge is 0.504 e. The van der Waals surface area contributed by atoms with Gasteiger partial charge in [0.2, 0.25) is 0 Å². The number of aliphatic hydroxyl groups excluding tert-OH is 1. The van der Waals surface area contributed by atoms with Gasteiger partial charge in [0, 0.05) is 19.2 Å². The first-order valence-electron chi connectivity index (χ1n) is 7.11. The third-order valence-electron chi connectivity index (χ3n) is 3.28. The van der Waals surface area contributed by atoms with Gasteiger partial charge in [0.05, 0.1) is 0 Å². The molecule has 2 aromatic carbocycles. The number of halogens is 2. The van der Waals surface area contributed by atoms with Crippen LogP contribution in [0.1, 0.15) is 11.1 Å². The maximum absolute atomic E-state index is 13.0. The molecule has 0 saturated heterocycles. The molecule has 0 aromatic heterocycles. The number of nitrogens with zero attached hydrogens (tertiary/aromatic N) is 1. The standard InChI is InChI=1S/C18H15F2NO3/c19-15-5-1-13(2-6-15)10-21(18(24)9-17(23)12-22)11-14-3-7-16(20)8-4-14/h1-9,12,23H,10-11H2/b17-9-. The van der Waals surface area contributed by atoms with Crippen LogP contribution < -0.4 is 0 Å². The molecule has 4 nitrogen and oxygen atoms in total. The molecule has 0 aliphatic rings. The molecule has 0 spiro atoms. The van der Waals surface area contributed by atoms with E-state index in [-0.39, 0.29) is 19.4 Å². The predicted octanol–water partition coefficient (Wildman–Crippen LogP) is 3.13. The number of rotatable bonds is 6. The molecule has 0 aliphatic carbocycles. The van der Waals surface area contributed by atoms with Crippen LogP contribution in [0.15, 0.2) is 60.4 Å². The Labute approximate surface area is 137 Å². The summed E-state index contributed by atoms with van der Waals surface area (Å²) in [6.07, 6.45) is 0.964. The van der Waals surface area contributed by atoms with Crippen LogP contribution in [0.3, 0.4) is 0 Å². The Kier molecular flexibility index (Phi) is 5.78. The molecule has 24 heavy (non-hydrogen) atoms. The second kappa shape index (κ2) is 8.01. The first-order valence-corrected chi connectivity index (χ1v) is 7.11. The van der Waals surface area contributed by atoms with Gasteiger partial charge in [-0.2, -0.15) is 0 Å². The quantitative estimate of drug-likeness (QED) is 0.503. The van der Waals surface area contributed by atoms with Gasteiger partial charge < -0.3 is 10.0 Å². The average Bonchev–Trinajstić information content (AvgIpc) is 2.58. The van der Waals surface area contributed by atoms with Crippen molar-refractivity contribution < 1.29 is 23.5 Å². The van der Waals surface area contributed by atoms with Gasteiger partial charge in [-0.3, -0.25) is 9.59 Å². The minimum Gasteiger partial charge on any atom is -0.504 e. The lowest BCUT2D eigenvalue weighted by Gasteiger charge is -2.21. The van der Waals surface area contributed by atoms with Crippen LogP contribution in [0, 0.1) is 11.6 Å². The fourth-order valence-corrected chi connectivity index (χ4v) is 2.08. The maximum Gasteiger partial charge on any atom is 0.250 e. The summed E-state index contributed by atoms with van der Waals surface area (Å²) >= 11 is 0. The van der Waals surface area contributed by atoms with Crippen LogP contribution in [0.4, 0.5) is 8.78 Å². The Morgan fingerprint density at radius 1 is 0.917 bits per heavy atom. The Hall–Kier alpha value is -3.02. The third-order valence-corrected chi connectivity index (χ3v) is 3.28. The zero-order chi connectivity index (χ0) is 17.5. The van der Waals surface area contributed by atoms with Gasteiger partial charge in [0.1, 0.15) is 11.6 Å². The summed E-state index contributed by atoms with van der Waals surface area (Å²) in [6.45, 7) is 0.276. The summed E-state index contributed by atoms with van der Waals surface area (Å²) in [5.74, 6) is -2.07. The Morgan fingerprint density at radius 2 is 1.33 bits per heavy atom. The number of carbonyl (C=O) groups excluding carboxylic acids is 2. The molecule has 0 radical (unpaired) electrons. The highest BCUT2D eigenvalue weighted by Crippen LogP contribution is 2.13. The number of hydrogen-bond donors (Lipinski definition) is 1. The van der Waals surface area contributed by atoms with Crippen molar-refractivity contribution in [1.82, 2.24) is 4.90 Å². The van der Waals surface area contributed by atoms with Crippen LogP contribution in [-0.4, -0.2) is 22.2 Å². The minimum atomic E-state index is -0.691. The average molecular weight is 331 g/mol. The molecule has 1 N–H and O–H groups in total. The summed E-state index contributed by atoms with van der Waals surface area (Å²) < 4.78 is 26.0. The molecule has 0 fully saturated rings. The van der Waals surface area contributed by atoms with Gasteiger partial charge in [-0.05, 0) is 35.4 Å². The van der Waals surface area contributed by atoms with E-state index in [1.807, 2.05) is 0 Å². The fraction of sp³-hybridized carbons (Fsp3) is 0.111. The van der Waals surface area contributed by atoms with E-state index in [0.29, 0.717) is 11.1 Å². The van der Waals surface area contributed by atoms with Crippen LogP contribution in [0.25, 0.3) is 0 Å². The van der Waals surface area contributed by atoms with Crippen LogP contribution >= 0.6 is 0 Å². The highest BCUT2D eigenvalue weighted by Gasteiger charge is 2.14. The SMILES string of the molecule is O=C/C(O)=C/C(=O)N(Cc1ccc(F)cc1)Cc1ccc(F)cc1. The van der Waals surface area contributed by atoms with Crippen molar-refractivity contribution in [2.45, 2.75) is 13.1 Å². The van der Waals surface area contributed by atoms with E-state index < -0.39 is 23.3 Å². The number of carbonyl (C=O) groups is 2. The Balaban J connectivity index is 2.22. The highest BCUT2D eigenvalue weighted by atomic mass is 19.1. The van der Waals surface area contributed by atoms with Gasteiger partial charge in [-0.1, -0.05) is 24.3 Å². The van der Waals surface area contributed by atoms with Gasteiger partial charge in [-0.25, -0.2) is 8.78 Å². The molecular formula is C18H15F2NO3. The van der Waals surface area contributed by atoms with Crippen molar-refractivity contribution in [2.24, 2.45) is 0 Å². The van der Waals surface area contributed by atoms with Crippen molar-refractivity contribution in [3.63, 3.8) is 0 Å². The summed E-state index contributed by atoms with van der Waals surface area (Å²) in [4.78, 5) is 24.1. The number of amides is 1. The van der Waals surface area contributed by atoms with Crippen LogP contribution in [-0.2, 0) is 22.7 Å². The monoisotopic (exact) mass is 331 g/mol. The molecule has 1 amide bonds. The van der Waals surface area contributed by atoms with Crippen molar-refractivity contribution in [2.75, 3.05) is 0 Å². The van der Waals surface area contributed by atoms with E-state index in [4.69, 9.17) is 0 Å². The van der Waals surface area contributed by atoms with Crippen LogP contribution in [0.5, 0.6) is 0 Å². The first kappa shape index (κ1) is 17.3. The van der Waals surface area contributed by atoms with Gasteiger partial charge in [-0.15, -0.1) is 0 Å². The molecule has 0 aliphatic heterocycles. The van der Waals surface area contributed by atoms with Crippen molar-refractivity contribution in [3.8, 4) is 0 Å². The van der Waals surface area contributed by atoms with Gasteiger partial charge >= 0.3 is 0 Å². The first-order chi connectivity index (χ1) is 11.5. The topological polar surface area (TPSA) is 57.6 Å². The zero-order valence-corrected chi connectivity index (χ0v) is 12.7. The summed E-state index contributed by atoms with van der Waals surface area (Å²) in [5.41, 5.74) is 1.34. The molecule has 0 atom stereocenters. The number of benzene rings is 2. The number of aldehydes is 1. The molecular weight excluding hydrogens is 316 g/mol. The fourth-order valence-electron chi connectivity index (χ4n) is 2.08. The maximum atomic E-state index is 13.0. The van der Waals surface area contributed by atoms with E-state index in [0.717, 1.165) is 6.08 Å². The van der Waals surface area contributed by atoms with E-state index >= 15 is 0 Å².